The van der Waals surface area contributed by atoms with E-state index >= 15 is 0 Å². The monoisotopic (exact) mass is 303 g/mol. The number of rotatable bonds is 1. The lowest BCUT2D eigenvalue weighted by Gasteiger charge is -2.31. The fraction of sp³-hybridized carbons (Fsp3) is 0.364. The SMILES string of the molecule is O=C(O)N1CCO[C@H](c2ccc(Br)c(F)c2)C1. The number of hydrogen-bond acceptors (Lipinski definition) is 2. The molecule has 4 nitrogen and oxygen atoms in total. The zero-order valence-electron chi connectivity index (χ0n) is 8.90. The summed E-state index contributed by atoms with van der Waals surface area (Å²) in [6, 6.07) is 4.68. The molecule has 1 aliphatic heterocycles. The Bertz CT molecular complexity index is 441. The molecule has 92 valence electrons. The number of hydrogen-bond donors (Lipinski definition) is 1. The van der Waals surface area contributed by atoms with Crippen LogP contribution in [0, 0.1) is 5.82 Å². The minimum Gasteiger partial charge on any atom is -0.465 e. The first-order valence-corrected chi connectivity index (χ1v) is 5.91. The highest BCUT2D eigenvalue weighted by Crippen LogP contribution is 2.25. The molecule has 0 saturated carbocycles. The summed E-state index contributed by atoms with van der Waals surface area (Å²) < 4.78 is 19.2. The van der Waals surface area contributed by atoms with Crippen molar-refractivity contribution in [2.75, 3.05) is 19.7 Å². The minimum absolute atomic E-state index is 0.233. The molecule has 1 heterocycles. The summed E-state index contributed by atoms with van der Waals surface area (Å²) >= 11 is 3.07. The topological polar surface area (TPSA) is 49.8 Å². The van der Waals surface area contributed by atoms with Crippen LogP contribution >= 0.6 is 15.9 Å². The standard InChI is InChI=1S/C11H11BrFNO3/c12-8-2-1-7(5-9(8)13)10-6-14(11(15)16)3-4-17-10/h1-2,5,10H,3-4,6H2,(H,15,16)/t10-/m0/s1. The van der Waals surface area contributed by atoms with Gasteiger partial charge in [-0.25, -0.2) is 9.18 Å². The molecule has 1 amide bonds. The third-order valence-electron chi connectivity index (χ3n) is 2.65. The molecule has 1 aromatic carbocycles. The van der Waals surface area contributed by atoms with Crippen molar-refractivity contribution < 1.29 is 19.0 Å². The molecule has 2 rings (SSSR count). The zero-order chi connectivity index (χ0) is 12.4. The molecule has 0 unspecified atom stereocenters. The highest BCUT2D eigenvalue weighted by atomic mass is 79.9. The molecular formula is C11H11BrFNO3. The van der Waals surface area contributed by atoms with E-state index in [0.29, 0.717) is 23.2 Å². The average molecular weight is 304 g/mol. The molecule has 1 aromatic rings. The summed E-state index contributed by atoms with van der Waals surface area (Å²) in [4.78, 5) is 12.1. The number of nitrogens with zero attached hydrogens (tertiary/aromatic N) is 1. The molecular weight excluding hydrogens is 293 g/mol. The van der Waals surface area contributed by atoms with Gasteiger partial charge in [0.1, 0.15) is 11.9 Å². The maximum atomic E-state index is 13.4. The van der Waals surface area contributed by atoms with Gasteiger partial charge >= 0.3 is 6.09 Å². The van der Waals surface area contributed by atoms with E-state index in [4.69, 9.17) is 9.84 Å². The number of carbonyl (C=O) groups is 1. The van der Waals surface area contributed by atoms with Gasteiger partial charge in [0.25, 0.3) is 0 Å². The van der Waals surface area contributed by atoms with Gasteiger partial charge in [-0.2, -0.15) is 0 Å². The number of amides is 1. The van der Waals surface area contributed by atoms with Crippen LogP contribution in [0.3, 0.4) is 0 Å². The van der Waals surface area contributed by atoms with Crippen LogP contribution in [0.1, 0.15) is 11.7 Å². The molecule has 17 heavy (non-hydrogen) atoms. The number of benzene rings is 1. The molecule has 1 aliphatic rings. The van der Waals surface area contributed by atoms with Gasteiger partial charge in [-0.3, -0.25) is 0 Å². The second-order valence-electron chi connectivity index (χ2n) is 3.76. The van der Waals surface area contributed by atoms with E-state index in [1.165, 1.54) is 11.0 Å². The highest BCUT2D eigenvalue weighted by molar-refractivity contribution is 9.10. The number of morpholine rings is 1. The van der Waals surface area contributed by atoms with E-state index in [1.54, 1.807) is 12.1 Å². The largest absolute Gasteiger partial charge is 0.465 e. The van der Waals surface area contributed by atoms with Crippen LogP contribution in [0.4, 0.5) is 9.18 Å². The van der Waals surface area contributed by atoms with Crippen molar-refractivity contribution in [2.45, 2.75) is 6.10 Å². The fourth-order valence-electron chi connectivity index (χ4n) is 1.74. The molecule has 1 atom stereocenters. The highest BCUT2D eigenvalue weighted by Gasteiger charge is 2.25. The Balaban J connectivity index is 2.16. The summed E-state index contributed by atoms with van der Waals surface area (Å²) in [6.07, 6.45) is -1.38. The van der Waals surface area contributed by atoms with Crippen molar-refractivity contribution in [3.63, 3.8) is 0 Å². The molecule has 0 aromatic heterocycles. The van der Waals surface area contributed by atoms with Gasteiger partial charge in [-0.1, -0.05) is 6.07 Å². The number of halogens is 2. The first-order chi connectivity index (χ1) is 8.08. The number of carboxylic acid groups (broad SMARTS) is 1. The van der Waals surface area contributed by atoms with Gasteiger partial charge in [0.2, 0.25) is 0 Å². The Hall–Kier alpha value is -1.14. The van der Waals surface area contributed by atoms with Gasteiger partial charge in [0, 0.05) is 6.54 Å². The summed E-state index contributed by atoms with van der Waals surface area (Å²) in [5.41, 5.74) is 0.650. The van der Waals surface area contributed by atoms with E-state index in [-0.39, 0.29) is 12.4 Å². The van der Waals surface area contributed by atoms with Gasteiger partial charge in [-0.05, 0) is 33.6 Å². The van der Waals surface area contributed by atoms with Crippen molar-refractivity contribution in [1.82, 2.24) is 4.90 Å². The summed E-state index contributed by atoms with van der Waals surface area (Å²) in [6.45, 7) is 0.913. The first kappa shape index (κ1) is 12.3. The summed E-state index contributed by atoms with van der Waals surface area (Å²) in [5, 5.41) is 8.89. The quantitative estimate of drug-likeness (QED) is 0.867. The van der Waals surface area contributed by atoms with Crippen LogP contribution in [0.25, 0.3) is 0 Å². The lowest BCUT2D eigenvalue weighted by molar-refractivity contribution is -0.0233. The Morgan fingerprint density at radius 1 is 1.59 bits per heavy atom. The van der Waals surface area contributed by atoms with Gasteiger partial charge in [0.05, 0.1) is 17.6 Å². The Kier molecular flexibility index (Phi) is 3.63. The van der Waals surface area contributed by atoms with Crippen LogP contribution in [-0.2, 0) is 4.74 Å². The van der Waals surface area contributed by atoms with Gasteiger partial charge < -0.3 is 14.7 Å². The molecule has 1 saturated heterocycles. The van der Waals surface area contributed by atoms with E-state index in [9.17, 15) is 9.18 Å². The smallest absolute Gasteiger partial charge is 0.407 e. The van der Waals surface area contributed by atoms with Crippen molar-refractivity contribution in [1.29, 1.82) is 0 Å². The minimum atomic E-state index is -0.976. The van der Waals surface area contributed by atoms with E-state index < -0.39 is 12.2 Å². The Morgan fingerprint density at radius 2 is 2.35 bits per heavy atom. The second kappa shape index (κ2) is 5.01. The molecule has 0 bridgehead atoms. The molecule has 1 N–H and O–H groups in total. The molecule has 0 aliphatic carbocycles. The molecule has 6 heteroatoms. The van der Waals surface area contributed by atoms with Crippen molar-refractivity contribution in [3.8, 4) is 0 Å². The lowest BCUT2D eigenvalue weighted by atomic mass is 10.1. The lowest BCUT2D eigenvalue weighted by Crippen LogP contribution is -2.41. The predicted octanol–water partition coefficient (Wildman–Crippen LogP) is 2.64. The number of ether oxygens (including phenoxy) is 1. The van der Waals surface area contributed by atoms with Crippen molar-refractivity contribution in [2.24, 2.45) is 0 Å². The van der Waals surface area contributed by atoms with Crippen LogP contribution in [0.2, 0.25) is 0 Å². The maximum absolute atomic E-state index is 13.4. The van der Waals surface area contributed by atoms with Gasteiger partial charge in [0.15, 0.2) is 0 Å². The fourth-order valence-corrected chi connectivity index (χ4v) is 1.98. The van der Waals surface area contributed by atoms with E-state index in [1.807, 2.05) is 0 Å². The van der Waals surface area contributed by atoms with Gasteiger partial charge in [-0.15, -0.1) is 0 Å². The third kappa shape index (κ3) is 2.76. The molecule has 0 spiro atoms. The Morgan fingerprint density at radius 3 is 3.00 bits per heavy atom. The van der Waals surface area contributed by atoms with E-state index in [2.05, 4.69) is 15.9 Å². The zero-order valence-corrected chi connectivity index (χ0v) is 10.5. The summed E-state index contributed by atoms with van der Waals surface area (Å²) in [7, 11) is 0. The van der Waals surface area contributed by atoms with Crippen LogP contribution in [0.15, 0.2) is 22.7 Å². The maximum Gasteiger partial charge on any atom is 0.407 e. The third-order valence-corrected chi connectivity index (χ3v) is 3.30. The van der Waals surface area contributed by atoms with Crippen LogP contribution in [0.5, 0.6) is 0 Å². The Labute approximate surface area is 106 Å². The van der Waals surface area contributed by atoms with E-state index in [0.717, 1.165) is 0 Å². The molecule has 1 fully saturated rings. The predicted molar refractivity (Wildman–Crippen MR) is 62.4 cm³/mol. The molecule has 0 radical (unpaired) electrons. The average Bonchev–Trinajstić information content (AvgIpc) is 2.33. The first-order valence-electron chi connectivity index (χ1n) is 5.12. The van der Waals surface area contributed by atoms with Crippen LogP contribution in [-0.4, -0.2) is 35.8 Å². The van der Waals surface area contributed by atoms with Crippen LogP contribution < -0.4 is 0 Å². The summed E-state index contributed by atoms with van der Waals surface area (Å²) in [5.74, 6) is -0.376. The van der Waals surface area contributed by atoms with Crippen molar-refractivity contribution in [3.05, 3.63) is 34.1 Å². The van der Waals surface area contributed by atoms with Crippen molar-refractivity contribution >= 4 is 22.0 Å². The normalized spacial score (nSPS) is 20.4. The second-order valence-corrected chi connectivity index (χ2v) is 4.62.